The number of carbonyl (C=O) groups excluding carboxylic acids is 1. The van der Waals surface area contributed by atoms with Crippen LogP contribution in [-0.4, -0.2) is 26.9 Å². The lowest BCUT2D eigenvalue weighted by Gasteiger charge is -2.31. The van der Waals surface area contributed by atoms with Crippen molar-refractivity contribution >= 4 is 16.8 Å². The molecule has 5 heteroatoms. The molecule has 0 N–H and O–H groups in total. The second kappa shape index (κ2) is 11.0. The molecule has 1 saturated carbocycles. The molecule has 0 saturated heterocycles. The minimum atomic E-state index is -0.307. The van der Waals surface area contributed by atoms with Crippen LogP contribution in [0.1, 0.15) is 83.1 Å². The van der Waals surface area contributed by atoms with Gasteiger partial charge in [0.25, 0.3) is 5.56 Å². The van der Waals surface area contributed by atoms with Gasteiger partial charge in [-0.25, -0.2) is 4.98 Å². The van der Waals surface area contributed by atoms with Gasteiger partial charge in [0.15, 0.2) is 0 Å². The quantitative estimate of drug-likeness (QED) is 0.382. The fourth-order valence-corrected chi connectivity index (χ4v) is 5.38. The molecule has 34 heavy (non-hydrogen) atoms. The summed E-state index contributed by atoms with van der Waals surface area (Å²) in [4.78, 5) is 34.1. The number of amides is 1. The van der Waals surface area contributed by atoms with E-state index in [0.29, 0.717) is 35.6 Å². The predicted molar refractivity (Wildman–Crippen MR) is 138 cm³/mol. The molecule has 0 aliphatic heterocycles. The Morgan fingerprint density at radius 3 is 2.53 bits per heavy atom. The molecule has 180 valence electrons. The van der Waals surface area contributed by atoms with Crippen molar-refractivity contribution in [2.24, 2.45) is 5.92 Å². The first-order chi connectivity index (χ1) is 16.5. The molecule has 1 heterocycles. The maximum atomic E-state index is 13.8. The second-order valence-corrected chi connectivity index (χ2v) is 9.56. The van der Waals surface area contributed by atoms with Crippen LogP contribution in [0.5, 0.6) is 0 Å². The minimum absolute atomic E-state index is 0.0804. The maximum absolute atomic E-state index is 13.8. The van der Waals surface area contributed by atoms with Crippen LogP contribution in [0.15, 0.2) is 53.3 Å². The highest BCUT2D eigenvalue weighted by atomic mass is 16.2. The standard InChI is InChI=1S/C29H37N3O2/c1-4-20-31(27(33)19-18-22-12-6-7-13-22)21(3)28-30-25-16-10-9-15-24(25)29(34)32(28)26-17-11-8-14-23(26)5-2/h8-11,14-17,21-22H,4-7,12-13,18-20H2,1-3H3. The molecule has 1 aliphatic rings. The summed E-state index contributed by atoms with van der Waals surface area (Å²) in [7, 11) is 0. The van der Waals surface area contributed by atoms with E-state index in [1.54, 1.807) is 4.57 Å². The first-order valence-corrected chi connectivity index (χ1v) is 12.9. The van der Waals surface area contributed by atoms with Crippen molar-refractivity contribution < 1.29 is 4.79 Å². The SMILES string of the molecule is CCCN(C(=O)CCC1CCCC1)C(C)c1nc2ccccc2c(=O)n1-c1ccccc1CC. The van der Waals surface area contributed by atoms with Crippen molar-refractivity contribution in [2.45, 2.75) is 78.2 Å². The average Bonchev–Trinajstić information content (AvgIpc) is 3.39. The van der Waals surface area contributed by atoms with Crippen LogP contribution >= 0.6 is 0 Å². The third kappa shape index (κ3) is 4.94. The Morgan fingerprint density at radius 1 is 1.09 bits per heavy atom. The van der Waals surface area contributed by atoms with Gasteiger partial charge < -0.3 is 4.90 Å². The number of nitrogens with zero attached hydrogens (tertiary/aromatic N) is 3. The zero-order chi connectivity index (χ0) is 24.1. The maximum Gasteiger partial charge on any atom is 0.266 e. The molecular weight excluding hydrogens is 422 g/mol. The molecule has 1 atom stereocenters. The molecule has 0 bridgehead atoms. The lowest BCUT2D eigenvalue weighted by atomic mass is 10.0. The van der Waals surface area contributed by atoms with Gasteiger partial charge >= 0.3 is 0 Å². The third-order valence-electron chi connectivity index (χ3n) is 7.28. The Bertz CT molecular complexity index is 1190. The molecule has 5 nitrogen and oxygen atoms in total. The highest BCUT2D eigenvalue weighted by Gasteiger charge is 2.27. The van der Waals surface area contributed by atoms with Gasteiger partial charge in [0.1, 0.15) is 5.82 Å². The van der Waals surface area contributed by atoms with Crippen molar-refractivity contribution in [3.63, 3.8) is 0 Å². The smallest absolute Gasteiger partial charge is 0.266 e. The van der Waals surface area contributed by atoms with Gasteiger partial charge in [0.05, 0.1) is 22.6 Å². The minimum Gasteiger partial charge on any atom is -0.333 e. The zero-order valence-corrected chi connectivity index (χ0v) is 20.8. The van der Waals surface area contributed by atoms with Crippen LogP contribution in [0.4, 0.5) is 0 Å². The van der Waals surface area contributed by atoms with Gasteiger partial charge in [-0.15, -0.1) is 0 Å². The monoisotopic (exact) mass is 459 g/mol. The molecule has 1 aliphatic carbocycles. The number of hydrogen-bond acceptors (Lipinski definition) is 3. The topological polar surface area (TPSA) is 55.2 Å². The Labute approximate surface area is 202 Å². The van der Waals surface area contributed by atoms with Gasteiger partial charge in [-0.2, -0.15) is 0 Å². The molecule has 1 unspecified atom stereocenters. The van der Waals surface area contributed by atoms with Gasteiger partial charge in [0.2, 0.25) is 5.91 Å². The van der Waals surface area contributed by atoms with Gasteiger partial charge in [-0.1, -0.05) is 69.9 Å². The Hall–Kier alpha value is -2.95. The molecule has 1 fully saturated rings. The zero-order valence-electron chi connectivity index (χ0n) is 20.8. The summed E-state index contributed by atoms with van der Waals surface area (Å²) in [6.45, 7) is 6.86. The van der Waals surface area contributed by atoms with Crippen molar-refractivity contribution in [3.05, 3.63) is 70.3 Å². The van der Waals surface area contributed by atoms with Crippen LogP contribution in [0.3, 0.4) is 0 Å². The number of benzene rings is 2. The molecule has 1 aromatic heterocycles. The molecule has 1 amide bonds. The molecule has 0 radical (unpaired) electrons. The fourth-order valence-electron chi connectivity index (χ4n) is 5.38. The lowest BCUT2D eigenvalue weighted by molar-refractivity contribution is -0.134. The Kier molecular flexibility index (Phi) is 7.81. The van der Waals surface area contributed by atoms with Crippen LogP contribution < -0.4 is 5.56 Å². The number of fused-ring (bicyclic) bond motifs is 1. The summed E-state index contributed by atoms with van der Waals surface area (Å²) in [5, 5.41) is 0.596. The van der Waals surface area contributed by atoms with Gasteiger partial charge in [-0.05, 0) is 55.9 Å². The normalized spacial score (nSPS) is 15.0. The van der Waals surface area contributed by atoms with Crippen molar-refractivity contribution in [1.82, 2.24) is 14.5 Å². The summed E-state index contributed by atoms with van der Waals surface area (Å²) in [5.41, 5.74) is 2.53. The molecular formula is C29H37N3O2. The predicted octanol–water partition coefficient (Wildman–Crippen LogP) is 6.22. The molecule has 2 aromatic carbocycles. The van der Waals surface area contributed by atoms with Crippen molar-refractivity contribution in [3.8, 4) is 5.69 Å². The first-order valence-electron chi connectivity index (χ1n) is 12.9. The largest absolute Gasteiger partial charge is 0.333 e. The summed E-state index contributed by atoms with van der Waals surface area (Å²) in [6, 6.07) is 15.2. The summed E-state index contributed by atoms with van der Waals surface area (Å²) in [6.07, 6.45) is 8.27. The Morgan fingerprint density at radius 2 is 1.79 bits per heavy atom. The Balaban J connectivity index is 1.79. The second-order valence-electron chi connectivity index (χ2n) is 9.56. The number of rotatable bonds is 9. The highest BCUT2D eigenvalue weighted by Crippen LogP contribution is 2.30. The van der Waals surface area contributed by atoms with Crippen molar-refractivity contribution in [1.29, 1.82) is 0 Å². The van der Waals surface area contributed by atoms with Crippen LogP contribution in [0, 0.1) is 5.92 Å². The van der Waals surface area contributed by atoms with E-state index >= 15 is 0 Å². The van der Waals surface area contributed by atoms with Crippen LogP contribution in [0.25, 0.3) is 16.6 Å². The number of hydrogen-bond donors (Lipinski definition) is 0. The fraction of sp³-hybridized carbons (Fsp3) is 0.483. The van der Waals surface area contributed by atoms with Gasteiger partial charge in [0, 0.05) is 13.0 Å². The van der Waals surface area contributed by atoms with Crippen LogP contribution in [-0.2, 0) is 11.2 Å². The van der Waals surface area contributed by atoms with E-state index in [-0.39, 0.29) is 17.5 Å². The van der Waals surface area contributed by atoms with E-state index in [2.05, 4.69) is 19.9 Å². The van der Waals surface area contributed by atoms with Crippen LogP contribution in [0.2, 0.25) is 0 Å². The van der Waals surface area contributed by atoms with Crippen molar-refractivity contribution in [2.75, 3.05) is 6.54 Å². The van der Waals surface area contributed by atoms with E-state index in [1.807, 2.05) is 54.3 Å². The summed E-state index contributed by atoms with van der Waals surface area (Å²) >= 11 is 0. The average molecular weight is 460 g/mol. The highest BCUT2D eigenvalue weighted by molar-refractivity contribution is 5.79. The number of aryl methyl sites for hydroxylation is 1. The van der Waals surface area contributed by atoms with E-state index in [0.717, 1.165) is 30.5 Å². The molecule has 4 rings (SSSR count). The van der Waals surface area contributed by atoms with E-state index in [4.69, 9.17) is 4.98 Å². The summed E-state index contributed by atoms with van der Waals surface area (Å²) < 4.78 is 1.75. The lowest BCUT2D eigenvalue weighted by Crippen LogP contribution is -2.38. The van der Waals surface area contributed by atoms with E-state index in [9.17, 15) is 9.59 Å². The van der Waals surface area contributed by atoms with E-state index < -0.39 is 0 Å². The molecule has 0 spiro atoms. The third-order valence-corrected chi connectivity index (χ3v) is 7.28. The van der Waals surface area contributed by atoms with E-state index in [1.165, 1.54) is 25.7 Å². The number of carbonyl (C=O) groups is 1. The first kappa shape index (κ1) is 24.2. The number of para-hydroxylation sites is 2. The molecule has 3 aromatic rings. The number of aromatic nitrogens is 2. The summed E-state index contributed by atoms with van der Waals surface area (Å²) in [5.74, 6) is 1.47. The van der Waals surface area contributed by atoms with Gasteiger partial charge in [-0.3, -0.25) is 14.2 Å².